The molecular weight excluding hydrogens is 372 g/mol. The first-order chi connectivity index (χ1) is 13.2. The Morgan fingerprint density at radius 1 is 1.11 bits per heavy atom. The van der Waals surface area contributed by atoms with E-state index in [0.29, 0.717) is 12.8 Å². The van der Waals surface area contributed by atoms with Crippen molar-refractivity contribution >= 4 is 23.8 Å². The summed E-state index contributed by atoms with van der Waals surface area (Å²) in [5.74, 6) is -3.46. The fourth-order valence-corrected chi connectivity index (χ4v) is 2.35. The van der Waals surface area contributed by atoms with E-state index in [4.69, 9.17) is 14.9 Å². The van der Waals surface area contributed by atoms with Gasteiger partial charge in [-0.3, -0.25) is 19.6 Å². The molecule has 0 fully saturated rings. The minimum absolute atomic E-state index is 0.00280. The van der Waals surface area contributed by atoms with E-state index in [2.05, 4.69) is 5.32 Å². The Hall–Kier alpha value is -3.14. The van der Waals surface area contributed by atoms with Gasteiger partial charge in [0.25, 0.3) is 0 Å². The number of hydrogen-bond acceptors (Lipinski definition) is 6. The third-order valence-corrected chi connectivity index (χ3v) is 3.88. The molecule has 154 valence electrons. The van der Waals surface area contributed by atoms with Crippen LogP contribution in [0.25, 0.3) is 0 Å². The van der Waals surface area contributed by atoms with Gasteiger partial charge < -0.3 is 20.3 Å². The van der Waals surface area contributed by atoms with Gasteiger partial charge in [-0.25, -0.2) is 9.86 Å². The van der Waals surface area contributed by atoms with Crippen LogP contribution in [0.3, 0.4) is 0 Å². The van der Waals surface area contributed by atoms with Gasteiger partial charge in [-0.1, -0.05) is 12.1 Å². The molecule has 10 heteroatoms. The standard InChI is InChI=1S/C18H24N2O8/c1-28-13-7-5-12(6-8-13)3-2-4-16(22)20(27)11-15(21)19-14(18(25)26)9-10-17(23)24/h5-8,14,27H,2-4,9-11H2,1H3,(H,19,21)(H,23,24)(H,25,26). The van der Waals surface area contributed by atoms with Crippen LogP contribution < -0.4 is 10.1 Å². The van der Waals surface area contributed by atoms with Crippen molar-refractivity contribution < 1.29 is 39.3 Å². The van der Waals surface area contributed by atoms with Gasteiger partial charge in [-0.2, -0.15) is 0 Å². The first kappa shape index (κ1) is 22.9. The second-order valence-corrected chi connectivity index (χ2v) is 6.04. The maximum atomic E-state index is 11.9. The number of hydrogen-bond donors (Lipinski definition) is 4. The summed E-state index contributed by atoms with van der Waals surface area (Å²) in [4.78, 5) is 45.2. The lowest BCUT2D eigenvalue weighted by Gasteiger charge is -2.17. The number of rotatable bonds is 12. The Balaban J connectivity index is 2.39. The number of carbonyl (C=O) groups excluding carboxylic acids is 2. The van der Waals surface area contributed by atoms with Crippen molar-refractivity contribution in [1.29, 1.82) is 0 Å². The molecule has 0 aliphatic heterocycles. The molecule has 1 unspecified atom stereocenters. The first-order valence-electron chi connectivity index (χ1n) is 8.59. The maximum absolute atomic E-state index is 11.9. The third kappa shape index (κ3) is 8.49. The number of carboxylic acid groups (broad SMARTS) is 2. The Morgan fingerprint density at radius 2 is 1.75 bits per heavy atom. The number of amides is 2. The van der Waals surface area contributed by atoms with Crippen LogP contribution in [-0.2, 0) is 25.6 Å². The number of aliphatic carboxylic acids is 2. The van der Waals surface area contributed by atoms with E-state index in [0.717, 1.165) is 11.3 Å². The average molecular weight is 396 g/mol. The highest BCUT2D eigenvalue weighted by molar-refractivity contribution is 5.87. The molecule has 0 heterocycles. The SMILES string of the molecule is COc1ccc(CCCC(=O)N(O)CC(=O)NC(CCC(=O)O)C(=O)O)cc1. The van der Waals surface area contributed by atoms with E-state index >= 15 is 0 Å². The second-order valence-electron chi connectivity index (χ2n) is 6.04. The quantitative estimate of drug-likeness (QED) is 0.297. The minimum atomic E-state index is -1.41. The Kier molecular flexibility index (Phi) is 9.44. The van der Waals surface area contributed by atoms with Crippen LogP contribution in [0.2, 0.25) is 0 Å². The lowest BCUT2D eigenvalue weighted by molar-refractivity contribution is -0.169. The van der Waals surface area contributed by atoms with Crippen molar-refractivity contribution in [2.24, 2.45) is 0 Å². The third-order valence-electron chi connectivity index (χ3n) is 3.88. The van der Waals surface area contributed by atoms with Gasteiger partial charge in [0.1, 0.15) is 18.3 Å². The highest BCUT2D eigenvalue weighted by atomic mass is 16.5. The molecule has 1 atom stereocenters. The van der Waals surface area contributed by atoms with E-state index in [1.54, 1.807) is 19.2 Å². The molecule has 1 aromatic rings. The van der Waals surface area contributed by atoms with Crippen molar-refractivity contribution in [3.05, 3.63) is 29.8 Å². The summed E-state index contributed by atoms with van der Waals surface area (Å²) < 4.78 is 5.05. The predicted octanol–water partition coefficient (Wildman–Crippen LogP) is 0.670. The molecule has 28 heavy (non-hydrogen) atoms. The molecule has 1 rings (SSSR count). The largest absolute Gasteiger partial charge is 0.497 e. The number of benzene rings is 1. The molecule has 0 saturated heterocycles. The van der Waals surface area contributed by atoms with Crippen LogP contribution >= 0.6 is 0 Å². The summed E-state index contributed by atoms with van der Waals surface area (Å²) in [7, 11) is 1.56. The fraction of sp³-hybridized carbons (Fsp3) is 0.444. The van der Waals surface area contributed by atoms with Crippen LogP contribution in [0, 0.1) is 0 Å². The van der Waals surface area contributed by atoms with Gasteiger partial charge in [-0.15, -0.1) is 0 Å². The summed E-state index contributed by atoms with van der Waals surface area (Å²) in [6, 6.07) is 5.89. The Bertz CT molecular complexity index is 689. The number of carboxylic acids is 2. The average Bonchev–Trinajstić information content (AvgIpc) is 2.65. The van der Waals surface area contributed by atoms with E-state index in [9.17, 15) is 24.4 Å². The van der Waals surface area contributed by atoms with Crippen LogP contribution in [-0.4, -0.2) is 63.9 Å². The molecule has 1 aromatic carbocycles. The van der Waals surface area contributed by atoms with Gasteiger partial charge in [0.15, 0.2) is 0 Å². The normalized spacial score (nSPS) is 11.4. The second kappa shape index (κ2) is 11.5. The molecule has 2 amide bonds. The number of ether oxygens (including phenoxy) is 1. The topological polar surface area (TPSA) is 153 Å². The van der Waals surface area contributed by atoms with E-state index < -0.39 is 42.8 Å². The lowest BCUT2D eigenvalue weighted by Crippen LogP contribution is -2.46. The van der Waals surface area contributed by atoms with Crippen molar-refractivity contribution in [3.8, 4) is 5.75 Å². The number of aryl methyl sites for hydroxylation is 1. The Labute approximate surface area is 161 Å². The van der Waals surface area contributed by atoms with Crippen LogP contribution in [0.1, 0.15) is 31.2 Å². The van der Waals surface area contributed by atoms with Crippen molar-refractivity contribution in [3.63, 3.8) is 0 Å². The van der Waals surface area contributed by atoms with Gasteiger partial charge in [0, 0.05) is 12.8 Å². The first-order valence-corrected chi connectivity index (χ1v) is 8.59. The summed E-state index contributed by atoms with van der Waals surface area (Å²) >= 11 is 0. The van der Waals surface area contributed by atoms with Gasteiger partial charge >= 0.3 is 11.9 Å². The van der Waals surface area contributed by atoms with Crippen molar-refractivity contribution in [2.45, 2.75) is 38.1 Å². The smallest absolute Gasteiger partial charge is 0.326 e. The van der Waals surface area contributed by atoms with Gasteiger partial charge in [-0.05, 0) is 37.0 Å². The minimum Gasteiger partial charge on any atom is -0.497 e. The Morgan fingerprint density at radius 3 is 2.29 bits per heavy atom. The highest BCUT2D eigenvalue weighted by Crippen LogP contribution is 2.13. The van der Waals surface area contributed by atoms with Crippen LogP contribution in [0.5, 0.6) is 5.75 Å². The molecule has 0 bridgehead atoms. The predicted molar refractivity (Wildman–Crippen MR) is 95.9 cm³/mol. The molecule has 10 nitrogen and oxygen atoms in total. The molecule has 0 aromatic heterocycles. The highest BCUT2D eigenvalue weighted by Gasteiger charge is 2.23. The van der Waals surface area contributed by atoms with E-state index in [-0.39, 0.29) is 17.9 Å². The summed E-state index contributed by atoms with van der Waals surface area (Å²) in [6.45, 7) is -0.738. The van der Waals surface area contributed by atoms with E-state index in [1.807, 2.05) is 12.1 Å². The number of nitrogens with one attached hydrogen (secondary N) is 1. The summed E-state index contributed by atoms with van der Waals surface area (Å²) in [5, 5.41) is 29.6. The molecule has 0 aliphatic carbocycles. The zero-order chi connectivity index (χ0) is 21.1. The number of hydroxylamine groups is 2. The van der Waals surface area contributed by atoms with Crippen LogP contribution in [0.4, 0.5) is 0 Å². The number of methoxy groups -OCH3 is 1. The molecule has 0 radical (unpaired) electrons. The molecule has 0 spiro atoms. The van der Waals surface area contributed by atoms with Gasteiger partial charge in [0.2, 0.25) is 11.8 Å². The lowest BCUT2D eigenvalue weighted by atomic mass is 10.1. The molecule has 4 N–H and O–H groups in total. The summed E-state index contributed by atoms with van der Waals surface area (Å²) in [5.41, 5.74) is 0.985. The van der Waals surface area contributed by atoms with Crippen molar-refractivity contribution in [1.82, 2.24) is 10.4 Å². The van der Waals surface area contributed by atoms with Crippen LogP contribution in [0.15, 0.2) is 24.3 Å². The molecule has 0 aliphatic rings. The zero-order valence-electron chi connectivity index (χ0n) is 15.5. The fourth-order valence-electron chi connectivity index (χ4n) is 2.35. The maximum Gasteiger partial charge on any atom is 0.326 e. The monoisotopic (exact) mass is 396 g/mol. The van der Waals surface area contributed by atoms with Gasteiger partial charge in [0.05, 0.1) is 7.11 Å². The van der Waals surface area contributed by atoms with Crippen molar-refractivity contribution in [2.75, 3.05) is 13.7 Å². The molecule has 0 saturated carbocycles. The number of carbonyl (C=O) groups is 4. The summed E-state index contributed by atoms with van der Waals surface area (Å²) in [6.07, 6.45) is 0.283. The van der Waals surface area contributed by atoms with E-state index in [1.165, 1.54) is 0 Å². The number of nitrogens with zero attached hydrogens (tertiary/aromatic N) is 1. The molecular formula is C18H24N2O8. The zero-order valence-corrected chi connectivity index (χ0v) is 15.5.